The van der Waals surface area contributed by atoms with Crippen LogP contribution < -0.4 is 11.1 Å². The molecule has 0 bridgehead atoms. The molecule has 0 amide bonds. The summed E-state index contributed by atoms with van der Waals surface area (Å²) in [6.45, 7) is 2.25. The zero-order chi connectivity index (χ0) is 25.9. The molecule has 1 atom stereocenters. The van der Waals surface area contributed by atoms with E-state index in [1.807, 2.05) is 0 Å². The number of aromatic nitrogens is 6. The minimum Gasteiger partial charge on any atom is -0.382 e. The van der Waals surface area contributed by atoms with Gasteiger partial charge in [0.15, 0.2) is 11.5 Å². The third-order valence-electron chi connectivity index (χ3n) is 6.99. The van der Waals surface area contributed by atoms with Crippen LogP contribution in [0.2, 0.25) is 0 Å². The maximum Gasteiger partial charge on any atom is 0.280 e. The van der Waals surface area contributed by atoms with Gasteiger partial charge in [0.2, 0.25) is 5.95 Å². The number of nitrogens with one attached hydrogen (secondary N) is 1. The summed E-state index contributed by atoms with van der Waals surface area (Å²) in [4.78, 5) is 14.9. The van der Waals surface area contributed by atoms with Crippen LogP contribution in [-0.2, 0) is 11.3 Å². The second-order valence-corrected chi connectivity index (χ2v) is 9.45. The number of nitrogens with two attached hydrogens (primary N) is 1. The van der Waals surface area contributed by atoms with E-state index in [4.69, 9.17) is 10.5 Å². The van der Waals surface area contributed by atoms with Crippen molar-refractivity contribution < 1.29 is 22.3 Å². The lowest BCUT2D eigenvalue weighted by Gasteiger charge is -2.44. The molecule has 6 rings (SSSR count). The number of hydrogen-bond donors (Lipinski definition) is 2. The van der Waals surface area contributed by atoms with Gasteiger partial charge in [-0.2, -0.15) is 4.98 Å². The highest BCUT2D eigenvalue weighted by molar-refractivity contribution is 5.88. The molecule has 196 valence electrons. The second-order valence-electron chi connectivity index (χ2n) is 9.45. The van der Waals surface area contributed by atoms with Gasteiger partial charge in [-0.15, -0.1) is 5.10 Å². The van der Waals surface area contributed by atoms with E-state index in [-0.39, 0.29) is 30.8 Å². The highest BCUT2D eigenvalue weighted by atomic mass is 19.3. The maximum atomic E-state index is 14.9. The summed E-state index contributed by atoms with van der Waals surface area (Å²) in [7, 11) is 0. The van der Waals surface area contributed by atoms with Crippen LogP contribution in [0.4, 0.5) is 29.3 Å². The zero-order valence-corrected chi connectivity index (χ0v) is 19.9. The number of imidazole rings is 1. The van der Waals surface area contributed by atoms with Crippen LogP contribution >= 0.6 is 0 Å². The largest absolute Gasteiger partial charge is 0.382 e. The van der Waals surface area contributed by atoms with Crippen molar-refractivity contribution in [1.29, 1.82) is 0 Å². The number of nitrogen functional groups attached to an aromatic ring is 1. The molecule has 0 saturated carbocycles. The number of nitrogens with zero attached hydrogens (tertiary/aromatic N) is 7. The van der Waals surface area contributed by atoms with Crippen molar-refractivity contribution in [3.63, 3.8) is 0 Å². The van der Waals surface area contributed by atoms with Crippen LogP contribution in [0, 0.1) is 6.92 Å². The topological polar surface area (TPSA) is 111 Å². The quantitative estimate of drug-likeness (QED) is 0.374. The van der Waals surface area contributed by atoms with Gasteiger partial charge in [0.05, 0.1) is 44.1 Å². The predicted molar refractivity (Wildman–Crippen MR) is 128 cm³/mol. The van der Waals surface area contributed by atoms with E-state index < -0.39 is 24.9 Å². The first-order valence-electron chi connectivity index (χ1n) is 11.9. The number of hydrogen-bond acceptors (Lipinski definition) is 8. The number of alkyl halides is 4. The van der Waals surface area contributed by atoms with Gasteiger partial charge in [-0.05, 0) is 31.5 Å². The average Bonchev–Trinajstić information content (AvgIpc) is 3.35. The van der Waals surface area contributed by atoms with Gasteiger partial charge in [-0.3, -0.25) is 4.90 Å². The van der Waals surface area contributed by atoms with Crippen molar-refractivity contribution in [3.05, 3.63) is 30.2 Å². The van der Waals surface area contributed by atoms with Crippen LogP contribution in [-0.4, -0.2) is 84.8 Å². The highest BCUT2D eigenvalue weighted by Crippen LogP contribution is 2.33. The standard InChI is InChI=1S/C23H25F4N9O/c1-12-29-16-3-2-15(30-21(16)35(12)8-18(24)25)14-4-7-36-19(14)20(28)32-22(33-36)31-17-5-6-34(11-23(17,26)27)13-9-37-10-13/h2-4,7,13,17-18H,5-6,8-11H2,1H3,(H3,28,31,32,33)/t17-/m1/s1. The van der Waals surface area contributed by atoms with Crippen molar-refractivity contribution >= 4 is 28.4 Å². The summed E-state index contributed by atoms with van der Waals surface area (Å²) in [5, 5.41) is 7.12. The van der Waals surface area contributed by atoms with Crippen molar-refractivity contribution in [1.82, 2.24) is 34.0 Å². The van der Waals surface area contributed by atoms with Gasteiger partial charge in [-0.25, -0.2) is 32.0 Å². The van der Waals surface area contributed by atoms with Crippen LogP contribution in [0.5, 0.6) is 0 Å². The van der Waals surface area contributed by atoms with E-state index in [0.29, 0.717) is 53.5 Å². The molecule has 0 radical (unpaired) electrons. The zero-order valence-electron chi connectivity index (χ0n) is 19.9. The molecule has 0 unspecified atom stereocenters. The Labute approximate surface area is 208 Å². The monoisotopic (exact) mass is 519 g/mol. The molecule has 0 spiro atoms. The lowest BCUT2D eigenvalue weighted by atomic mass is 9.98. The number of anilines is 2. The van der Waals surface area contributed by atoms with E-state index in [1.165, 1.54) is 9.08 Å². The minimum absolute atomic E-state index is 0.00806. The molecule has 10 nitrogen and oxygen atoms in total. The molecule has 2 aliphatic rings. The minimum atomic E-state index is -2.98. The summed E-state index contributed by atoms with van der Waals surface area (Å²) in [6.07, 6.45) is -0.713. The van der Waals surface area contributed by atoms with Gasteiger partial charge in [0.1, 0.15) is 16.9 Å². The molecule has 2 fully saturated rings. The Morgan fingerprint density at radius 3 is 2.70 bits per heavy atom. The summed E-state index contributed by atoms with van der Waals surface area (Å²) in [5.74, 6) is -2.49. The first-order chi connectivity index (χ1) is 17.7. The van der Waals surface area contributed by atoms with Crippen LogP contribution in [0.15, 0.2) is 24.4 Å². The Morgan fingerprint density at radius 2 is 2.00 bits per heavy atom. The first-order valence-corrected chi connectivity index (χ1v) is 11.9. The summed E-state index contributed by atoms with van der Waals surface area (Å²) < 4.78 is 64.0. The Kier molecular flexibility index (Phi) is 5.67. The Balaban J connectivity index is 1.28. The number of halogens is 4. The predicted octanol–water partition coefficient (Wildman–Crippen LogP) is 2.82. The van der Waals surface area contributed by atoms with Crippen LogP contribution in [0.25, 0.3) is 27.9 Å². The van der Waals surface area contributed by atoms with E-state index in [2.05, 4.69) is 25.4 Å². The Bertz CT molecular complexity index is 1470. The van der Waals surface area contributed by atoms with Crippen LogP contribution in [0.3, 0.4) is 0 Å². The number of ether oxygens (including phenoxy) is 1. The van der Waals surface area contributed by atoms with Gasteiger partial charge in [0, 0.05) is 18.3 Å². The lowest BCUT2D eigenvalue weighted by molar-refractivity contribution is -0.131. The normalized spacial score (nSPS) is 20.6. The average molecular weight is 520 g/mol. The first kappa shape index (κ1) is 23.9. The van der Waals surface area contributed by atoms with Crippen molar-refractivity contribution in [2.45, 2.75) is 44.3 Å². The molecular weight excluding hydrogens is 494 g/mol. The van der Waals surface area contributed by atoms with Crippen molar-refractivity contribution in [2.24, 2.45) is 0 Å². The van der Waals surface area contributed by atoms with Gasteiger partial charge >= 0.3 is 0 Å². The van der Waals surface area contributed by atoms with Crippen molar-refractivity contribution in [2.75, 3.05) is 37.4 Å². The van der Waals surface area contributed by atoms with E-state index in [0.717, 1.165) is 0 Å². The molecule has 37 heavy (non-hydrogen) atoms. The van der Waals surface area contributed by atoms with Crippen LogP contribution in [0.1, 0.15) is 12.2 Å². The number of rotatable bonds is 6. The lowest BCUT2D eigenvalue weighted by Crippen LogP contribution is -2.61. The van der Waals surface area contributed by atoms with E-state index >= 15 is 0 Å². The number of aryl methyl sites for hydroxylation is 1. The second kappa shape index (κ2) is 8.80. The molecule has 4 aromatic rings. The fraction of sp³-hybridized carbons (Fsp3) is 0.478. The maximum absolute atomic E-state index is 14.9. The molecule has 3 N–H and O–H groups in total. The van der Waals surface area contributed by atoms with Gasteiger partial charge in [-0.1, -0.05) is 0 Å². The highest BCUT2D eigenvalue weighted by Gasteiger charge is 2.47. The number of pyridine rings is 1. The number of fused-ring (bicyclic) bond motifs is 2. The molecule has 0 aliphatic carbocycles. The summed E-state index contributed by atoms with van der Waals surface area (Å²) >= 11 is 0. The molecule has 6 heterocycles. The molecule has 14 heteroatoms. The Hall–Kier alpha value is -3.52. The molecule has 0 aromatic carbocycles. The molecule has 2 saturated heterocycles. The third kappa shape index (κ3) is 4.23. The summed E-state index contributed by atoms with van der Waals surface area (Å²) in [6, 6.07) is 4.03. The fourth-order valence-corrected chi connectivity index (χ4v) is 4.99. The molecule has 4 aromatic heterocycles. The number of piperidine rings is 1. The fourth-order valence-electron chi connectivity index (χ4n) is 4.99. The smallest absolute Gasteiger partial charge is 0.280 e. The summed E-state index contributed by atoms with van der Waals surface area (Å²) in [5.41, 5.74) is 8.55. The molecular formula is C23H25F4N9O. The van der Waals surface area contributed by atoms with E-state index in [1.54, 1.807) is 36.2 Å². The Morgan fingerprint density at radius 1 is 1.19 bits per heavy atom. The van der Waals surface area contributed by atoms with Crippen molar-refractivity contribution in [3.8, 4) is 11.3 Å². The van der Waals surface area contributed by atoms with Gasteiger partial charge in [0.25, 0.3) is 12.3 Å². The number of likely N-dealkylation sites (tertiary alicyclic amines) is 1. The molecule has 2 aliphatic heterocycles. The van der Waals surface area contributed by atoms with E-state index in [9.17, 15) is 17.6 Å². The van der Waals surface area contributed by atoms with Gasteiger partial charge < -0.3 is 20.4 Å². The SMILES string of the molecule is Cc1nc2ccc(-c3ccn4nc(N[C@@H]5CCN(C6COC6)CC5(F)F)nc(N)c34)nc2n1CC(F)F. The third-order valence-corrected chi connectivity index (χ3v) is 6.99.